The highest BCUT2D eigenvalue weighted by Gasteiger charge is 2.25. The van der Waals surface area contributed by atoms with Gasteiger partial charge in [-0.05, 0) is 68.6 Å². The Morgan fingerprint density at radius 2 is 1.87 bits per heavy atom. The number of hydrogen-bond acceptors (Lipinski definition) is 7. The van der Waals surface area contributed by atoms with Crippen molar-refractivity contribution in [1.29, 1.82) is 0 Å². The van der Waals surface area contributed by atoms with E-state index in [4.69, 9.17) is 15.0 Å². The molecule has 3 aromatic rings. The average molecular weight is 444 g/mol. The van der Waals surface area contributed by atoms with Crippen molar-refractivity contribution < 1.29 is 0 Å². The normalized spacial score (nSPS) is 13.8. The highest BCUT2D eigenvalue weighted by Crippen LogP contribution is 2.43. The molecule has 4 rings (SSSR count). The molecule has 0 fully saturated rings. The van der Waals surface area contributed by atoms with Crippen molar-refractivity contribution in [2.24, 2.45) is 0 Å². The summed E-state index contributed by atoms with van der Waals surface area (Å²) in [6.45, 7) is 13.2. The maximum absolute atomic E-state index is 5.13. The van der Waals surface area contributed by atoms with Gasteiger partial charge in [-0.25, -0.2) is 15.0 Å². The molecule has 3 aromatic heterocycles. The van der Waals surface area contributed by atoms with E-state index >= 15 is 0 Å². The average Bonchev–Trinajstić information content (AvgIpc) is 3.37. The minimum Gasteiger partial charge on any atom is -0.369 e. The summed E-state index contributed by atoms with van der Waals surface area (Å²) in [5.41, 5.74) is 5.36. The number of nitrogens with zero attached hydrogens (tertiary/aromatic N) is 4. The molecular weight excluding hydrogens is 410 g/mol. The van der Waals surface area contributed by atoms with E-state index in [1.54, 1.807) is 23.1 Å². The Labute approximate surface area is 188 Å². The van der Waals surface area contributed by atoms with Gasteiger partial charge in [0.1, 0.15) is 10.6 Å². The molecule has 0 radical (unpaired) electrons. The minimum atomic E-state index is 0.456. The van der Waals surface area contributed by atoms with E-state index in [0.29, 0.717) is 5.92 Å². The van der Waals surface area contributed by atoms with Crippen molar-refractivity contribution in [2.45, 2.75) is 64.5 Å². The van der Waals surface area contributed by atoms with E-state index in [9.17, 15) is 0 Å². The summed E-state index contributed by atoms with van der Waals surface area (Å²) in [7, 11) is 0. The Hall–Kier alpha value is -1.44. The van der Waals surface area contributed by atoms with Crippen LogP contribution in [-0.2, 0) is 12.8 Å². The molecule has 0 aliphatic heterocycles. The molecular formula is C23H33N5S2. The molecule has 0 bridgehead atoms. The fourth-order valence-corrected chi connectivity index (χ4v) is 6.00. The van der Waals surface area contributed by atoms with Crippen LogP contribution in [0.5, 0.6) is 0 Å². The molecule has 162 valence electrons. The largest absolute Gasteiger partial charge is 0.369 e. The molecule has 0 amide bonds. The Kier molecular flexibility index (Phi) is 6.80. The SMILES string of the molecule is CCN(CC)CCCNc1nc(SC)nc2c1sc1nc(C(C)C)c3c(c12)CCC3. The van der Waals surface area contributed by atoms with Gasteiger partial charge in [-0.2, -0.15) is 0 Å². The van der Waals surface area contributed by atoms with Crippen LogP contribution in [0.2, 0.25) is 0 Å². The molecule has 1 N–H and O–H groups in total. The van der Waals surface area contributed by atoms with Crippen LogP contribution in [-0.4, -0.2) is 52.3 Å². The first-order chi connectivity index (χ1) is 14.6. The molecule has 30 heavy (non-hydrogen) atoms. The summed E-state index contributed by atoms with van der Waals surface area (Å²) in [5.74, 6) is 1.43. The lowest BCUT2D eigenvalue weighted by molar-refractivity contribution is 0.303. The van der Waals surface area contributed by atoms with Crippen LogP contribution < -0.4 is 5.32 Å². The van der Waals surface area contributed by atoms with Gasteiger partial charge in [0, 0.05) is 17.6 Å². The van der Waals surface area contributed by atoms with Crippen molar-refractivity contribution in [3.63, 3.8) is 0 Å². The van der Waals surface area contributed by atoms with Gasteiger partial charge in [0.05, 0.1) is 10.2 Å². The topological polar surface area (TPSA) is 53.9 Å². The number of aromatic nitrogens is 3. The molecule has 1 aliphatic carbocycles. The lowest BCUT2D eigenvalue weighted by Gasteiger charge is -2.17. The minimum absolute atomic E-state index is 0.456. The van der Waals surface area contributed by atoms with Gasteiger partial charge >= 0.3 is 0 Å². The van der Waals surface area contributed by atoms with Crippen molar-refractivity contribution in [2.75, 3.05) is 37.8 Å². The molecule has 7 heteroatoms. The molecule has 5 nitrogen and oxygen atoms in total. The number of rotatable bonds is 9. The number of thioether (sulfide) groups is 1. The van der Waals surface area contributed by atoms with Crippen LogP contribution in [0.15, 0.2) is 5.16 Å². The lowest BCUT2D eigenvalue weighted by atomic mass is 9.99. The van der Waals surface area contributed by atoms with E-state index < -0.39 is 0 Å². The zero-order valence-electron chi connectivity index (χ0n) is 18.8. The number of nitrogens with one attached hydrogen (secondary N) is 1. The summed E-state index contributed by atoms with van der Waals surface area (Å²) < 4.78 is 1.16. The second-order valence-corrected chi connectivity index (χ2v) is 10.1. The number of thiophene rings is 1. The van der Waals surface area contributed by atoms with Crippen LogP contribution in [0.4, 0.5) is 5.82 Å². The van der Waals surface area contributed by atoms with Crippen molar-refractivity contribution >= 4 is 49.3 Å². The Bertz CT molecular complexity index is 1040. The van der Waals surface area contributed by atoms with E-state index in [1.165, 1.54) is 28.6 Å². The van der Waals surface area contributed by atoms with Crippen LogP contribution in [0.25, 0.3) is 20.4 Å². The van der Waals surface area contributed by atoms with Crippen LogP contribution in [0.3, 0.4) is 0 Å². The summed E-state index contributed by atoms with van der Waals surface area (Å²) in [4.78, 5) is 18.5. The van der Waals surface area contributed by atoms with Gasteiger partial charge < -0.3 is 10.2 Å². The Morgan fingerprint density at radius 3 is 2.57 bits per heavy atom. The molecule has 0 aromatic carbocycles. The monoisotopic (exact) mass is 443 g/mol. The standard InChI is InChI=1S/C23H33N5S2/c1-6-28(7-2)13-9-12-24-21-20-19(26-23(27-21)29-5)17-15-10-8-11-16(15)18(14(3)4)25-22(17)30-20/h14H,6-13H2,1-5H3,(H,24,26,27). The van der Waals surface area contributed by atoms with Crippen molar-refractivity contribution in [3.05, 3.63) is 16.8 Å². The molecule has 0 spiro atoms. The molecule has 1 aliphatic rings. The Morgan fingerprint density at radius 1 is 1.10 bits per heavy atom. The van der Waals surface area contributed by atoms with Crippen LogP contribution in [0, 0.1) is 0 Å². The summed E-state index contributed by atoms with van der Waals surface area (Å²) in [6, 6.07) is 0. The Balaban J connectivity index is 1.74. The van der Waals surface area contributed by atoms with Gasteiger partial charge in [-0.1, -0.05) is 39.5 Å². The van der Waals surface area contributed by atoms with Gasteiger partial charge in [-0.15, -0.1) is 11.3 Å². The number of aryl methyl sites for hydroxylation is 1. The predicted molar refractivity (Wildman–Crippen MR) is 132 cm³/mol. The maximum atomic E-state index is 5.13. The first kappa shape index (κ1) is 21.8. The van der Waals surface area contributed by atoms with E-state index in [0.717, 1.165) is 71.5 Å². The highest BCUT2D eigenvalue weighted by molar-refractivity contribution is 7.98. The number of pyridine rings is 1. The van der Waals surface area contributed by atoms with E-state index in [-0.39, 0.29) is 0 Å². The zero-order valence-corrected chi connectivity index (χ0v) is 20.5. The summed E-state index contributed by atoms with van der Waals surface area (Å²) >= 11 is 3.38. The number of anilines is 1. The number of fused-ring (bicyclic) bond motifs is 5. The molecule has 0 atom stereocenters. The summed E-state index contributed by atoms with van der Waals surface area (Å²) in [6.07, 6.45) is 6.69. The third kappa shape index (κ3) is 4.04. The highest BCUT2D eigenvalue weighted by atomic mass is 32.2. The van der Waals surface area contributed by atoms with E-state index in [2.05, 4.69) is 44.2 Å². The van der Waals surface area contributed by atoms with Crippen LogP contribution in [0.1, 0.15) is 63.3 Å². The fourth-order valence-electron chi connectivity index (χ4n) is 4.51. The predicted octanol–water partition coefficient (Wildman–Crippen LogP) is 5.72. The molecule has 3 heterocycles. The number of hydrogen-bond donors (Lipinski definition) is 1. The zero-order chi connectivity index (χ0) is 21.3. The summed E-state index contributed by atoms with van der Waals surface area (Å²) in [5, 5.41) is 5.75. The van der Waals surface area contributed by atoms with Crippen molar-refractivity contribution in [1.82, 2.24) is 19.9 Å². The quantitative estimate of drug-likeness (QED) is 0.259. The lowest BCUT2D eigenvalue weighted by Crippen LogP contribution is -2.25. The van der Waals surface area contributed by atoms with Gasteiger partial charge in [0.25, 0.3) is 0 Å². The second-order valence-electron chi connectivity index (χ2n) is 8.29. The van der Waals surface area contributed by atoms with Crippen molar-refractivity contribution in [3.8, 4) is 0 Å². The van der Waals surface area contributed by atoms with E-state index in [1.807, 2.05) is 0 Å². The van der Waals surface area contributed by atoms with Gasteiger partial charge in [0.2, 0.25) is 0 Å². The van der Waals surface area contributed by atoms with Gasteiger partial charge in [0.15, 0.2) is 5.16 Å². The third-order valence-electron chi connectivity index (χ3n) is 6.11. The van der Waals surface area contributed by atoms with Crippen LogP contribution >= 0.6 is 23.1 Å². The fraction of sp³-hybridized carbons (Fsp3) is 0.609. The first-order valence-electron chi connectivity index (χ1n) is 11.2. The molecule has 0 saturated heterocycles. The smallest absolute Gasteiger partial charge is 0.189 e. The second kappa shape index (κ2) is 9.37. The maximum Gasteiger partial charge on any atom is 0.189 e. The third-order valence-corrected chi connectivity index (χ3v) is 7.74. The van der Waals surface area contributed by atoms with Gasteiger partial charge in [-0.3, -0.25) is 0 Å². The molecule has 0 unspecified atom stereocenters. The first-order valence-corrected chi connectivity index (χ1v) is 13.3. The molecule has 0 saturated carbocycles.